The molecule has 0 aliphatic heterocycles. The van der Waals surface area contributed by atoms with Crippen molar-refractivity contribution in [3.05, 3.63) is 63.6 Å². The normalized spacial score (nSPS) is 11.6. The average molecular weight is 374 g/mol. The first-order valence-electron chi connectivity index (χ1n) is 7.04. The van der Waals surface area contributed by atoms with Crippen molar-refractivity contribution in [2.75, 3.05) is 6.61 Å². The summed E-state index contributed by atoms with van der Waals surface area (Å²) >= 11 is 11.9. The second-order valence-electron chi connectivity index (χ2n) is 4.78. The van der Waals surface area contributed by atoms with Gasteiger partial charge in [0.15, 0.2) is 0 Å². The summed E-state index contributed by atoms with van der Waals surface area (Å²) in [4.78, 5) is -0.106. The van der Waals surface area contributed by atoms with Crippen LogP contribution in [0, 0.1) is 0 Å². The Kier molecular flexibility index (Phi) is 6.44. The molecule has 1 N–H and O–H groups in total. The van der Waals surface area contributed by atoms with Gasteiger partial charge in [-0.3, -0.25) is 0 Å². The van der Waals surface area contributed by atoms with Crippen LogP contribution in [0.3, 0.4) is 0 Å². The molecule has 0 heterocycles. The predicted molar refractivity (Wildman–Crippen MR) is 92.3 cm³/mol. The molecule has 2 rings (SSSR count). The molecule has 0 bridgehead atoms. The predicted octanol–water partition coefficient (Wildman–Crippen LogP) is 4.01. The largest absolute Gasteiger partial charge is 0.377 e. The SMILES string of the molecule is CCOCc1ccccc1CNS(=O)(=O)c1c(Cl)cccc1Cl. The fraction of sp³-hybridized carbons (Fsp3) is 0.250. The molecule has 0 spiro atoms. The van der Waals surface area contributed by atoms with Crippen molar-refractivity contribution in [1.82, 2.24) is 4.72 Å². The van der Waals surface area contributed by atoms with E-state index in [0.717, 1.165) is 11.1 Å². The van der Waals surface area contributed by atoms with Gasteiger partial charge in [-0.25, -0.2) is 13.1 Å². The topological polar surface area (TPSA) is 55.4 Å². The maximum Gasteiger partial charge on any atom is 0.243 e. The Morgan fingerprint density at radius 3 is 2.22 bits per heavy atom. The molecule has 0 saturated heterocycles. The maximum atomic E-state index is 12.5. The molecule has 0 fully saturated rings. The number of benzene rings is 2. The second-order valence-corrected chi connectivity index (χ2v) is 7.30. The minimum atomic E-state index is -3.81. The summed E-state index contributed by atoms with van der Waals surface area (Å²) in [5.41, 5.74) is 1.77. The quantitative estimate of drug-likeness (QED) is 0.797. The van der Waals surface area contributed by atoms with Gasteiger partial charge in [0.2, 0.25) is 10.0 Å². The summed E-state index contributed by atoms with van der Waals surface area (Å²) in [7, 11) is -3.81. The molecule has 124 valence electrons. The summed E-state index contributed by atoms with van der Waals surface area (Å²) in [6.45, 7) is 3.06. The zero-order valence-corrected chi connectivity index (χ0v) is 14.9. The molecule has 0 unspecified atom stereocenters. The Bertz CT molecular complexity index is 758. The van der Waals surface area contributed by atoms with Crippen LogP contribution in [0.25, 0.3) is 0 Å². The molecule has 0 saturated carbocycles. The Morgan fingerprint density at radius 2 is 1.61 bits per heavy atom. The molecule has 0 radical (unpaired) electrons. The Morgan fingerprint density at radius 1 is 1.00 bits per heavy atom. The number of hydrogen-bond acceptors (Lipinski definition) is 3. The molecule has 0 amide bonds. The lowest BCUT2D eigenvalue weighted by molar-refractivity contribution is 0.133. The van der Waals surface area contributed by atoms with Crippen LogP contribution in [0.5, 0.6) is 0 Å². The minimum absolute atomic E-state index is 0.0904. The summed E-state index contributed by atoms with van der Waals surface area (Å²) in [5.74, 6) is 0. The van der Waals surface area contributed by atoms with Crippen LogP contribution in [-0.4, -0.2) is 15.0 Å². The number of sulfonamides is 1. The monoisotopic (exact) mass is 373 g/mol. The summed E-state index contributed by atoms with van der Waals surface area (Å²) in [6, 6.07) is 12.1. The highest BCUT2D eigenvalue weighted by Gasteiger charge is 2.21. The van der Waals surface area contributed by atoms with E-state index in [2.05, 4.69) is 4.72 Å². The molecular formula is C16H17Cl2NO3S. The average Bonchev–Trinajstić information content (AvgIpc) is 2.51. The third kappa shape index (κ3) is 4.68. The van der Waals surface area contributed by atoms with Crippen molar-refractivity contribution in [2.45, 2.75) is 25.0 Å². The zero-order chi connectivity index (χ0) is 16.9. The Labute approximate surface area is 146 Å². The van der Waals surface area contributed by atoms with E-state index in [1.54, 1.807) is 6.07 Å². The highest BCUT2D eigenvalue weighted by molar-refractivity contribution is 7.89. The van der Waals surface area contributed by atoms with E-state index in [0.29, 0.717) is 13.2 Å². The summed E-state index contributed by atoms with van der Waals surface area (Å²) in [5, 5.41) is 0.181. The van der Waals surface area contributed by atoms with Crippen LogP contribution in [-0.2, 0) is 27.9 Å². The van der Waals surface area contributed by atoms with Crippen LogP contribution in [0.2, 0.25) is 10.0 Å². The van der Waals surface area contributed by atoms with E-state index in [-0.39, 0.29) is 21.5 Å². The van der Waals surface area contributed by atoms with E-state index in [4.69, 9.17) is 27.9 Å². The first kappa shape index (κ1) is 18.2. The van der Waals surface area contributed by atoms with Crippen molar-refractivity contribution in [1.29, 1.82) is 0 Å². The molecule has 7 heteroatoms. The van der Waals surface area contributed by atoms with Crippen molar-refractivity contribution in [3.63, 3.8) is 0 Å². The first-order chi connectivity index (χ1) is 11.0. The van der Waals surface area contributed by atoms with Gasteiger partial charge >= 0.3 is 0 Å². The van der Waals surface area contributed by atoms with Crippen LogP contribution in [0.4, 0.5) is 0 Å². The number of ether oxygens (including phenoxy) is 1. The zero-order valence-electron chi connectivity index (χ0n) is 12.6. The smallest absolute Gasteiger partial charge is 0.243 e. The maximum absolute atomic E-state index is 12.5. The standard InChI is InChI=1S/C16H17Cl2NO3S/c1-2-22-11-13-7-4-3-6-12(13)10-19-23(20,21)16-14(17)8-5-9-15(16)18/h3-9,19H,2,10-11H2,1H3. The molecule has 0 aliphatic rings. The van der Waals surface area contributed by atoms with Crippen molar-refractivity contribution in [3.8, 4) is 0 Å². The Hall–Kier alpha value is -1.11. The molecule has 2 aromatic rings. The van der Waals surface area contributed by atoms with Gasteiger partial charge in [0, 0.05) is 13.2 Å². The lowest BCUT2D eigenvalue weighted by Crippen LogP contribution is -2.24. The van der Waals surface area contributed by atoms with Gasteiger partial charge in [-0.2, -0.15) is 0 Å². The molecule has 2 aromatic carbocycles. The lowest BCUT2D eigenvalue weighted by atomic mass is 10.1. The fourth-order valence-electron chi connectivity index (χ4n) is 2.07. The van der Waals surface area contributed by atoms with Gasteiger partial charge in [0.05, 0.1) is 16.7 Å². The Balaban J connectivity index is 2.20. The summed E-state index contributed by atoms with van der Waals surface area (Å²) in [6.07, 6.45) is 0. The summed E-state index contributed by atoms with van der Waals surface area (Å²) < 4.78 is 32.9. The van der Waals surface area contributed by atoms with E-state index < -0.39 is 10.0 Å². The first-order valence-corrected chi connectivity index (χ1v) is 9.28. The van der Waals surface area contributed by atoms with Gasteiger partial charge < -0.3 is 4.74 Å². The minimum Gasteiger partial charge on any atom is -0.377 e. The van der Waals surface area contributed by atoms with Crippen LogP contribution >= 0.6 is 23.2 Å². The van der Waals surface area contributed by atoms with Crippen LogP contribution < -0.4 is 4.72 Å². The van der Waals surface area contributed by atoms with E-state index in [1.807, 2.05) is 31.2 Å². The van der Waals surface area contributed by atoms with E-state index >= 15 is 0 Å². The highest BCUT2D eigenvalue weighted by atomic mass is 35.5. The van der Waals surface area contributed by atoms with Gasteiger partial charge in [-0.1, -0.05) is 53.5 Å². The van der Waals surface area contributed by atoms with E-state index in [9.17, 15) is 8.42 Å². The third-order valence-electron chi connectivity index (χ3n) is 3.22. The second kappa shape index (κ2) is 8.13. The lowest BCUT2D eigenvalue weighted by Gasteiger charge is -2.12. The van der Waals surface area contributed by atoms with Crippen molar-refractivity contribution >= 4 is 33.2 Å². The number of nitrogens with one attached hydrogen (secondary N) is 1. The number of hydrogen-bond donors (Lipinski definition) is 1. The van der Waals surface area contributed by atoms with Crippen molar-refractivity contribution < 1.29 is 13.2 Å². The van der Waals surface area contributed by atoms with Gasteiger partial charge in [-0.05, 0) is 30.2 Å². The number of halogens is 2. The molecule has 0 aliphatic carbocycles. The molecule has 0 aromatic heterocycles. The van der Waals surface area contributed by atoms with E-state index in [1.165, 1.54) is 12.1 Å². The molecule has 4 nitrogen and oxygen atoms in total. The van der Waals surface area contributed by atoms with Gasteiger partial charge in [0.25, 0.3) is 0 Å². The molecule has 23 heavy (non-hydrogen) atoms. The van der Waals surface area contributed by atoms with Gasteiger partial charge in [-0.15, -0.1) is 0 Å². The molecular weight excluding hydrogens is 357 g/mol. The number of rotatable bonds is 7. The van der Waals surface area contributed by atoms with Crippen molar-refractivity contribution in [2.24, 2.45) is 0 Å². The third-order valence-corrected chi connectivity index (χ3v) is 5.58. The highest BCUT2D eigenvalue weighted by Crippen LogP contribution is 2.28. The fourth-order valence-corrected chi connectivity index (χ4v) is 4.21. The van der Waals surface area contributed by atoms with Gasteiger partial charge in [0.1, 0.15) is 4.90 Å². The van der Waals surface area contributed by atoms with Crippen LogP contribution in [0.1, 0.15) is 18.1 Å². The molecule has 0 atom stereocenters. The van der Waals surface area contributed by atoms with Crippen LogP contribution in [0.15, 0.2) is 47.4 Å².